The molecular formula is C25H19F8N3O2S. The van der Waals surface area contributed by atoms with Crippen molar-refractivity contribution < 1.29 is 43.5 Å². The van der Waals surface area contributed by atoms with Gasteiger partial charge < -0.3 is 4.90 Å². The molecule has 39 heavy (non-hydrogen) atoms. The van der Waals surface area contributed by atoms with Gasteiger partial charge in [-0.25, -0.2) is 27.2 Å². The van der Waals surface area contributed by atoms with Crippen LogP contribution in [0.3, 0.4) is 0 Å². The van der Waals surface area contributed by atoms with Crippen LogP contribution in [0.2, 0.25) is 0 Å². The van der Waals surface area contributed by atoms with Crippen LogP contribution in [0.15, 0.2) is 65.8 Å². The molecule has 2 aliphatic rings. The maximum Gasteiger partial charge on any atom is 0.435 e. The van der Waals surface area contributed by atoms with E-state index in [0.29, 0.717) is 12.1 Å². The summed E-state index contributed by atoms with van der Waals surface area (Å²) in [5, 5.41) is 0. The van der Waals surface area contributed by atoms with Gasteiger partial charge in [0.2, 0.25) is 5.95 Å². The molecule has 1 aliphatic carbocycles. The van der Waals surface area contributed by atoms with Crippen molar-refractivity contribution in [1.29, 1.82) is 0 Å². The van der Waals surface area contributed by atoms with E-state index in [-0.39, 0.29) is 47.8 Å². The van der Waals surface area contributed by atoms with Crippen molar-refractivity contribution in [1.82, 2.24) is 9.97 Å². The molecule has 0 unspecified atom stereocenters. The number of nitrogens with zero attached hydrogens (tertiary/aromatic N) is 3. The molecule has 1 aliphatic heterocycles. The Kier molecular flexibility index (Phi) is 6.20. The molecule has 14 heteroatoms. The highest BCUT2D eigenvalue weighted by Crippen LogP contribution is 2.56. The van der Waals surface area contributed by atoms with Gasteiger partial charge in [0.25, 0.3) is 0 Å². The SMILES string of the molecule is O=S(=O)(c1ccc(F)cc1)[C@@]12CCN(c3ncccn3)[C@@H]1CCc1cc(C(F)(C(F)(F)F)C(F)(F)F)ccc12. The second-order valence-corrected chi connectivity index (χ2v) is 11.6. The first-order chi connectivity index (χ1) is 18.1. The number of anilines is 1. The van der Waals surface area contributed by atoms with E-state index >= 15 is 0 Å². The summed E-state index contributed by atoms with van der Waals surface area (Å²) in [4.78, 5) is 9.70. The normalized spacial score (nSPS) is 21.9. The van der Waals surface area contributed by atoms with E-state index in [1.807, 2.05) is 0 Å². The number of aryl methyl sites for hydroxylation is 1. The van der Waals surface area contributed by atoms with Crippen LogP contribution < -0.4 is 4.90 Å². The van der Waals surface area contributed by atoms with Crippen molar-refractivity contribution in [2.75, 3.05) is 11.4 Å². The third kappa shape index (κ3) is 3.89. The summed E-state index contributed by atoms with van der Waals surface area (Å²) < 4.78 is 136. The van der Waals surface area contributed by atoms with Gasteiger partial charge in [0.1, 0.15) is 10.6 Å². The van der Waals surface area contributed by atoms with Crippen molar-refractivity contribution in [2.24, 2.45) is 0 Å². The molecule has 1 saturated heterocycles. The maximum atomic E-state index is 14.9. The van der Waals surface area contributed by atoms with E-state index in [0.717, 1.165) is 30.3 Å². The fraction of sp³-hybridized carbons (Fsp3) is 0.360. The zero-order valence-corrected chi connectivity index (χ0v) is 20.6. The van der Waals surface area contributed by atoms with E-state index in [2.05, 4.69) is 9.97 Å². The van der Waals surface area contributed by atoms with Crippen molar-refractivity contribution in [3.8, 4) is 0 Å². The van der Waals surface area contributed by atoms with E-state index in [1.165, 1.54) is 12.4 Å². The Bertz CT molecular complexity index is 1480. The highest BCUT2D eigenvalue weighted by Gasteiger charge is 2.73. The lowest BCUT2D eigenvalue weighted by Gasteiger charge is -2.43. The summed E-state index contributed by atoms with van der Waals surface area (Å²) in [6, 6.07) is 6.26. The lowest BCUT2D eigenvalue weighted by atomic mass is 9.77. The Labute approximate surface area is 217 Å². The van der Waals surface area contributed by atoms with Crippen LogP contribution in [0.25, 0.3) is 0 Å². The predicted octanol–water partition coefficient (Wildman–Crippen LogP) is 5.80. The molecule has 3 aromatic rings. The molecule has 1 fully saturated rings. The van der Waals surface area contributed by atoms with Crippen molar-refractivity contribution >= 4 is 15.8 Å². The molecule has 0 N–H and O–H groups in total. The highest BCUT2D eigenvalue weighted by molar-refractivity contribution is 7.92. The van der Waals surface area contributed by atoms with Crippen LogP contribution in [0.1, 0.15) is 29.5 Å². The minimum absolute atomic E-state index is 0.0214. The summed E-state index contributed by atoms with van der Waals surface area (Å²) in [7, 11) is -4.44. The van der Waals surface area contributed by atoms with Crippen molar-refractivity contribution in [2.45, 2.75) is 53.0 Å². The van der Waals surface area contributed by atoms with Crippen LogP contribution in [0.5, 0.6) is 0 Å². The smallest absolute Gasteiger partial charge is 0.336 e. The number of fused-ring (bicyclic) bond motifs is 3. The number of halogens is 8. The molecule has 2 atom stereocenters. The average molecular weight is 577 g/mol. The molecule has 0 saturated carbocycles. The number of hydrogen-bond donors (Lipinski definition) is 0. The summed E-state index contributed by atoms with van der Waals surface area (Å²) in [6.07, 6.45) is -10.0. The Morgan fingerprint density at radius 2 is 1.51 bits per heavy atom. The van der Waals surface area contributed by atoms with Crippen LogP contribution in [0, 0.1) is 5.82 Å². The summed E-state index contributed by atoms with van der Waals surface area (Å²) in [6.45, 7) is 0.0917. The van der Waals surface area contributed by atoms with Gasteiger partial charge in [0.15, 0.2) is 9.84 Å². The second kappa shape index (κ2) is 8.86. The molecule has 0 spiro atoms. The Hall–Kier alpha value is -3.29. The summed E-state index contributed by atoms with van der Waals surface area (Å²) in [5.74, 6) is -0.517. The first kappa shape index (κ1) is 27.3. The van der Waals surface area contributed by atoms with Crippen LogP contribution >= 0.6 is 0 Å². The second-order valence-electron chi connectivity index (χ2n) is 9.42. The fourth-order valence-electron chi connectivity index (χ4n) is 5.73. The first-order valence-corrected chi connectivity index (χ1v) is 13.1. The van der Waals surface area contributed by atoms with E-state index in [9.17, 15) is 43.5 Å². The Morgan fingerprint density at radius 1 is 0.897 bits per heavy atom. The number of alkyl halides is 7. The van der Waals surface area contributed by atoms with Crippen LogP contribution in [0.4, 0.5) is 41.1 Å². The molecule has 0 bridgehead atoms. The monoisotopic (exact) mass is 577 g/mol. The van der Waals surface area contributed by atoms with E-state index < -0.39 is 50.0 Å². The number of benzene rings is 2. The number of aromatic nitrogens is 2. The predicted molar refractivity (Wildman–Crippen MR) is 123 cm³/mol. The average Bonchev–Trinajstić information content (AvgIpc) is 3.29. The number of sulfone groups is 1. The quantitative estimate of drug-likeness (QED) is 0.290. The minimum atomic E-state index is -6.32. The third-order valence-corrected chi connectivity index (χ3v) is 10.0. The largest absolute Gasteiger partial charge is 0.435 e. The highest BCUT2D eigenvalue weighted by atomic mass is 32.2. The van der Waals surface area contributed by atoms with Gasteiger partial charge in [-0.1, -0.05) is 18.2 Å². The van der Waals surface area contributed by atoms with Gasteiger partial charge in [-0.05, 0) is 60.7 Å². The zero-order valence-electron chi connectivity index (χ0n) is 19.8. The standard InChI is InChI=1S/C25H19F8N3O2S/c26-17-4-6-18(7-5-17)39(37,38)22-10-13-36(21-34-11-1-12-35-21)20(22)9-2-15-14-16(3-8-19(15)22)23(27,24(28,29)30)25(31,32)33/h1,3-8,11-12,14,20H,2,9-10,13H2/t20-,22-/m1/s1. The Balaban J connectivity index is 1.73. The minimum Gasteiger partial charge on any atom is -0.336 e. The molecule has 2 heterocycles. The van der Waals surface area contributed by atoms with Crippen LogP contribution in [-0.4, -0.2) is 43.3 Å². The lowest BCUT2D eigenvalue weighted by molar-refractivity contribution is -0.348. The maximum absolute atomic E-state index is 14.9. The number of rotatable bonds is 4. The summed E-state index contributed by atoms with van der Waals surface area (Å²) >= 11 is 0. The third-order valence-electron chi connectivity index (χ3n) is 7.48. The molecule has 1 aromatic heterocycles. The topological polar surface area (TPSA) is 63.2 Å². The molecule has 0 amide bonds. The van der Waals surface area contributed by atoms with Gasteiger partial charge in [-0.2, -0.15) is 26.3 Å². The molecule has 5 nitrogen and oxygen atoms in total. The number of hydrogen-bond acceptors (Lipinski definition) is 5. The van der Waals surface area contributed by atoms with E-state index in [4.69, 9.17) is 0 Å². The van der Waals surface area contributed by atoms with E-state index in [1.54, 1.807) is 11.0 Å². The molecule has 5 rings (SSSR count). The molecule has 208 valence electrons. The van der Waals surface area contributed by atoms with Gasteiger partial charge >= 0.3 is 18.0 Å². The molecule has 0 radical (unpaired) electrons. The van der Waals surface area contributed by atoms with Gasteiger partial charge in [0, 0.05) is 24.5 Å². The van der Waals surface area contributed by atoms with Crippen LogP contribution in [-0.2, 0) is 26.7 Å². The zero-order chi connectivity index (χ0) is 28.4. The lowest BCUT2D eigenvalue weighted by Crippen LogP contribution is -2.52. The van der Waals surface area contributed by atoms with Crippen molar-refractivity contribution in [3.63, 3.8) is 0 Å². The molecular weight excluding hydrogens is 558 g/mol. The summed E-state index contributed by atoms with van der Waals surface area (Å²) in [5.41, 5.74) is -7.54. The van der Waals surface area contributed by atoms with Gasteiger partial charge in [0.05, 0.1) is 10.9 Å². The van der Waals surface area contributed by atoms with Crippen molar-refractivity contribution in [3.05, 3.63) is 83.4 Å². The van der Waals surface area contributed by atoms with Gasteiger partial charge in [-0.3, -0.25) is 0 Å². The molecule has 2 aromatic carbocycles. The first-order valence-electron chi connectivity index (χ1n) is 11.6. The fourth-order valence-corrected chi connectivity index (χ4v) is 8.10. The Morgan fingerprint density at radius 3 is 2.10 bits per heavy atom. The van der Waals surface area contributed by atoms with Gasteiger partial charge in [-0.15, -0.1) is 0 Å².